The summed E-state index contributed by atoms with van der Waals surface area (Å²) in [5, 5.41) is 3.00. The second-order valence-electron chi connectivity index (χ2n) is 7.22. The quantitative estimate of drug-likeness (QED) is 0.770. The molecule has 0 aliphatic carbocycles. The zero-order chi connectivity index (χ0) is 20.3. The maximum absolute atomic E-state index is 13.1. The Morgan fingerprint density at radius 1 is 1.25 bits per heavy atom. The summed E-state index contributed by atoms with van der Waals surface area (Å²) in [6, 6.07) is 11.9. The minimum absolute atomic E-state index is 0.0142. The van der Waals surface area contributed by atoms with E-state index in [4.69, 9.17) is 11.6 Å². The van der Waals surface area contributed by atoms with Crippen molar-refractivity contribution in [1.82, 2.24) is 4.31 Å². The van der Waals surface area contributed by atoms with Gasteiger partial charge in [-0.25, -0.2) is 8.42 Å². The summed E-state index contributed by atoms with van der Waals surface area (Å²) in [6.45, 7) is 5.00. The maximum Gasteiger partial charge on any atom is 0.255 e. The fraction of sp³-hybridized carbons (Fsp3) is 0.381. The van der Waals surface area contributed by atoms with Gasteiger partial charge >= 0.3 is 0 Å². The van der Waals surface area contributed by atoms with Crippen LogP contribution >= 0.6 is 11.6 Å². The van der Waals surface area contributed by atoms with Gasteiger partial charge in [0.1, 0.15) is 4.90 Å². The lowest BCUT2D eigenvalue weighted by atomic mass is 10.0. The minimum Gasteiger partial charge on any atom is -0.322 e. The molecule has 1 N–H and O–H groups in total. The Labute approximate surface area is 171 Å². The Morgan fingerprint density at radius 3 is 2.71 bits per heavy atom. The molecule has 28 heavy (non-hydrogen) atoms. The molecule has 7 heteroatoms. The highest BCUT2D eigenvalue weighted by Gasteiger charge is 2.31. The molecule has 150 valence electrons. The molecular weight excluding hydrogens is 396 g/mol. The van der Waals surface area contributed by atoms with E-state index < -0.39 is 10.0 Å². The van der Waals surface area contributed by atoms with Gasteiger partial charge in [0.05, 0.1) is 5.02 Å². The molecule has 1 saturated heterocycles. The zero-order valence-electron chi connectivity index (χ0n) is 16.1. The molecule has 1 unspecified atom stereocenters. The molecule has 1 aliphatic rings. The normalized spacial score (nSPS) is 18.0. The number of rotatable bonds is 5. The van der Waals surface area contributed by atoms with Crippen molar-refractivity contribution in [3.63, 3.8) is 0 Å². The summed E-state index contributed by atoms with van der Waals surface area (Å²) in [6.07, 6.45) is 2.62. The lowest BCUT2D eigenvalue weighted by Gasteiger charge is -2.30. The number of amides is 1. The Hall–Kier alpha value is -1.89. The molecule has 2 aromatic rings. The highest BCUT2D eigenvalue weighted by molar-refractivity contribution is 7.89. The number of sulfonamides is 1. The topological polar surface area (TPSA) is 66.5 Å². The van der Waals surface area contributed by atoms with Crippen LogP contribution in [0.5, 0.6) is 0 Å². The van der Waals surface area contributed by atoms with Gasteiger partial charge in [-0.3, -0.25) is 4.79 Å². The molecule has 0 bridgehead atoms. The molecule has 3 rings (SSSR count). The van der Waals surface area contributed by atoms with E-state index in [1.165, 1.54) is 16.4 Å². The third-order valence-corrected chi connectivity index (χ3v) is 7.42. The Balaban J connectivity index is 1.89. The van der Waals surface area contributed by atoms with Crippen LogP contribution < -0.4 is 5.32 Å². The summed E-state index contributed by atoms with van der Waals surface area (Å²) >= 11 is 6.21. The van der Waals surface area contributed by atoms with Crippen LogP contribution in [0.2, 0.25) is 5.02 Å². The van der Waals surface area contributed by atoms with E-state index in [9.17, 15) is 13.2 Å². The summed E-state index contributed by atoms with van der Waals surface area (Å²) in [5.41, 5.74) is 2.00. The van der Waals surface area contributed by atoms with Gasteiger partial charge in [0.2, 0.25) is 10.0 Å². The Morgan fingerprint density at radius 2 is 2.00 bits per heavy atom. The fourth-order valence-corrected chi connectivity index (χ4v) is 5.59. The monoisotopic (exact) mass is 420 g/mol. The molecule has 0 aromatic heterocycles. The number of benzene rings is 2. The van der Waals surface area contributed by atoms with Crippen LogP contribution in [0.3, 0.4) is 0 Å². The van der Waals surface area contributed by atoms with Crippen molar-refractivity contribution in [2.45, 2.75) is 38.0 Å². The number of carbonyl (C=O) groups excluding carboxylic acids is 1. The maximum atomic E-state index is 13.1. The summed E-state index contributed by atoms with van der Waals surface area (Å²) < 4.78 is 27.7. The predicted molar refractivity (Wildman–Crippen MR) is 112 cm³/mol. The Kier molecular flexibility index (Phi) is 6.43. The molecular formula is C21H25ClN2O3S. The van der Waals surface area contributed by atoms with Gasteiger partial charge in [-0.05, 0) is 55.0 Å². The second kappa shape index (κ2) is 8.64. The number of anilines is 1. The number of hydrogen-bond acceptors (Lipinski definition) is 3. The first kappa shape index (κ1) is 20.8. The first-order chi connectivity index (χ1) is 13.3. The fourth-order valence-electron chi connectivity index (χ4n) is 3.49. The van der Waals surface area contributed by atoms with Crippen LogP contribution in [0.15, 0.2) is 47.4 Å². The van der Waals surface area contributed by atoms with Gasteiger partial charge in [0.25, 0.3) is 5.91 Å². The largest absolute Gasteiger partial charge is 0.322 e. The van der Waals surface area contributed by atoms with Gasteiger partial charge in [0, 0.05) is 24.3 Å². The number of carbonyl (C=O) groups is 1. The number of nitrogens with zero attached hydrogens (tertiary/aromatic N) is 1. The third kappa shape index (κ3) is 4.40. The predicted octanol–water partition coefficient (Wildman–Crippen LogP) is 4.58. The van der Waals surface area contributed by atoms with Crippen molar-refractivity contribution in [2.24, 2.45) is 5.92 Å². The first-order valence-electron chi connectivity index (χ1n) is 9.52. The van der Waals surface area contributed by atoms with E-state index in [0.29, 0.717) is 19.0 Å². The molecule has 2 aromatic carbocycles. The van der Waals surface area contributed by atoms with Crippen LogP contribution in [0, 0.1) is 5.92 Å². The molecule has 0 spiro atoms. The SMILES string of the molecule is CCc1ccccc1NC(=O)c1ccc(Cl)c(S(=O)(=O)N2CCCC(C)C2)c1. The molecule has 5 nitrogen and oxygen atoms in total. The average molecular weight is 421 g/mol. The lowest BCUT2D eigenvalue weighted by molar-refractivity contribution is 0.102. The molecule has 0 saturated carbocycles. The Bertz CT molecular complexity index is 975. The second-order valence-corrected chi connectivity index (χ2v) is 9.53. The highest BCUT2D eigenvalue weighted by Crippen LogP contribution is 2.29. The van der Waals surface area contributed by atoms with Crippen LogP contribution in [0.1, 0.15) is 42.6 Å². The minimum atomic E-state index is -3.75. The van der Waals surface area contributed by atoms with Crippen molar-refractivity contribution in [1.29, 1.82) is 0 Å². The zero-order valence-corrected chi connectivity index (χ0v) is 17.7. The van der Waals surface area contributed by atoms with Crippen molar-refractivity contribution in [3.05, 3.63) is 58.6 Å². The number of halogens is 1. The molecule has 0 radical (unpaired) electrons. The van der Waals surface area contributed by atoms with Gasteiger partial charge < -0.3 is 5.32 Å². The van der Waals surface area contributed by atoms with Crippen LogP contribution in [0.25, 0.3) is 0 Å². The van der Waals surface area contributed by atoms with E-state index in [0.717, 1.165) is 30.5 Å². The summed E-state index contributed by atoms with van der Waals surface area (Å²) in [7, 11) is -3.75. The molecule has 1 amide bonds. The van der Waals surface area contributed by atoms with E-state index in [1.54, 1.807) is 6.07 Å². The molecule has 1 heterocycles. The summed E-state index contributed by atoms with van der Waals surface area (Å²) in [4.78, 5) is 12.7. The highest BCUT2D eigenvalue weighted by atomic mass is 35.5. The van der Waals surface area contributed by atoms with Crippen LogP contribution in [0.4, 0.5) is 5.69 Å². The van der Waals surface area contributed by atoms with E-state index in [-0.39, 0.29) is 21.4 Å². The van der Waals surface area contributed by atoms with E-state index in [2.05, 4.69) is 5.32 Å². The van der Waals surface area contributed by atoms with Crippen LogP contribution in [-0.4, -0.2) is 31.7 Å². The van der Waals surface area contributed by atoms with E-state index in [1.807, 2.05) is 38.1 Å². The van der Waals surface area contributed by atoms with Crippen molar-refractivity contribution >= 4 is 33.2 Å². The molecule has 1 aliphatic heterocycles. The van der Waals surface area contributed by atoms with E-state index >= 15 is 0 Å². The van der Waals surface area contributed by atoms with Gasteiger partial charge in [-0.2, -0.15) is 4.31 Å². The number of nitrogens with one attached hydrogen (secondary N) is 1. The van der Waals surface area contributed by atoms with Crippen molar-refractivity contribution in [2.75, 3.05) is 18.4 Å². The number of hydrogen-bond donors (Lipinski definition) is 1. The smallest absolute Gasteiger partial charge is 0.255 e. The molecule has 1 atom stereocenters. The first-order valence-corrected chi connectivity index (χ1v) is 11.3. The number of piperidine rings is 1. The number of aryl methyl sites for hydroxylation is 1. The average Bonchev–Trinajstić information content (AvgIpc) is 2.68. The molecule has 1 fully saturated rings. The standard InChI is InChI=1S/C21H25ClN2O3S/c1-3-16-8-4-5-9-19(16)23-21(25)17-10-11-18(22)20(13-17)28(26,27)24-12-6-7-15(2)14-24/h4-5,8-11,13,15H,3,6-7,12,14H2,1-2H3,(H,23,25). The van der Waals surface area contributed by atoms with Gasteiger partial charge in [-0.15, -0.1) is 0 Å². The van der Waals surface area contributed by atoms with Gasteiger partial charge in [0.15, 0.2) is 0 Å². The van der Waals surface area contributed by atoms with Gasteiger partial charge in [-0.1, -0.05) is 43.6 Å². The number of para-hydroxylation sites is 1. The van der Waals surface area contributed by atoms with Crippen LogP contribution in [-0.2, 0) is 16.4 Å². The third-order valence-electron chi connectivity index (χ3n) is 5.08. The summed E-state index contributed by atoms with van der Waals surface area (Å²) in [5.74, 6) is -0.0552. The van der Waals surface area contributed by atoms with Crippen molar-refractivity contribution < 1.29 is 13.2 Å². The van der Waals surface area contributed by atoms with Crippen molar-refractivity contribution in [3.8, 4) is 0 Å². The lowest BCUT2D eigenvalue weighted by Crippen LogP contribution is -2.39.